The molecule has 5 rings (SSSR count). The second-order valence-corrected chi connectivity index (χ2v) is 9.02. The quantitative estimate of drug-likeness (QED) is 0.426. The molecule has 1 fully saturated rings. The van der Waals surface area contributed by atoms with Crippen LogP contribution in [0.15, 0.2) is 60.9 Å². The number of fused-ring (bicyclic) bond motifs is 1. The Hall–Kier alpha value is -3.09. The van der Waals surface area contributed by atoms with Gasteiger partial charge in [-0.05, 0) is 47.9 Å². The summed E-state index contributed by atoms with van der Waals surface area (Å²) >= 11 is 12.0. The Morgan fingerprint density at radius 2 is 1.58 bits per heavy atom. The topological polar surface area (TPSA) is 65.1 Å². The number of hydrogen-bond acceptors (Lipinski definition) is 4. The molecule has 0 saturated carbocycles. The van der Waals surface area contributed by atoms with Crippen LogP contribution in [-0.2, 0) is 11.2 Å². The number of H-pyrrole nitrogens is 1. The Morgan fingerprint density at radius 1 is 0.909 bits per heavy atom. The summed E-state index contributed by atoms with van der Waals surface area (Å²) < 4.78 is 0. The van der Waals surface area contributed by atoms with Gasteiger partial charge in [0, 0.05) is 48.3 Å². The van der Waals surface area contributed by atoms with Crippen molar-refractivity contribution in [2.45, 2.75) is 12.8 Å². The zero-order chi connectivity index (χ0) is 22.8. The molecule has 0 radical (unpaired) electrons. The van der Waals surface area contributed by atoms with Gasteiger partial charge in [0.25, 0.3) is 0 Å². The lowest BCUT2D eigenvalue weighted by Gasteiger charge is -2.35. The third kappa shape index (κ3) is 4.82. The number of benzene rings is 2. The van der Waals surface area contributed by atoms with E-state index in [2.05, 4.69) is 25.9 Å². The number of rotatable bonds is 5. The summed E-state index contributed by atoms with van der Waals surface area (Å²) in [6.07, 6.45) is 2.81. The van der Waals surface area contributed by atoms with Crippen molar-refractivity contribution in [3.05, 3.63) is 76.5 Å². The highest BCUT2D eigenvalue weighted by Gasteiger charge is 2.23. The van der Waals surface area contributed by atoms with Gasteiger partial charge < -0.3 is 14.8 Å². The Balaban J connectivity index is 1.25. The van der Waals surface area contributed by atoms with E-state index in [4.69, 9.17) is 23.2 Å². The van der Waals surface area contributed by atoms with E-state index in [1.165, 1.54) is 0 Å². The lowest BCUT2D eigenvalue weighted by atomic mass is 10.1. The number of amides is 1. The molecule has 0 atom stereocenters. The number of aromatic nitrogens is 3. The molecule has 168 valence electrons. The van der Waals surface area contributed by atoms with Crippen LogP contribution in [-0.4, -0.2) is 51.9 Å². The standard InChI is InChI=1S/C25H23Cl2N5O/c26-19-6-1-17(2-7-19)3-10-23(33)31-11-13-32(14-12-31)25-21-15-22(30-24(21)28-16-29-25)18-4-8-20(27)9-5-18/h1-2,4-9,15-16H,3,10-14H2,(H,28,29,30). The monoisotopic (exact) mass is 479 g/mol. The molecule has 0 aliphatic carbocycles. The molecule has 33 heavy (non-hydrogen) atoms. The number of carbonyl (C=O) groups excluding carboxylic acids is 1. The van der Waals surface area contributed by atoms with Crippen LogP contribution in [0.1, 0.15) is 12.0 Å². The summed E-state index contributed by atoms with van der Waals surface area (Å²) in [5.41, 5.74) is 3.93. The molecule has 3 heterocycles. The fourth-order valence-electron chi connectivity index (χ4n) is 4.19. The minimum absolute atomic E-state index is 0.184. The van der Waals surface area contributed by atoms with E-state index >= 15 is 0 Å². The Labute approximate surface area is 202 Å². The zero-order valence-corrected chi connectivity index (χ0v) is 19.5. The molecule has 4 aromatic rings. The van der Waals surface area contributed by atoms with Crippen molar-refractivity contribution in [2.24, 2.45) is 0 Å². The van der Waals surface area contributed by atoms with Crippen molar-refractivity contribution in [1.82, 2.24) is 19.9 Å². The molecule has 1 saturated heterocycles. The SMILES string of the molecule is O=C(CCc1ccc(Cl)cc1)N1CCN(c2ncnc3[nH]c(-c4ccc(Cl)cc4)cc23)CC1. The Morgan fingerprint density at radius 3 is 2.27 bits per heavy atom. The van der Waals surface area contributed by atoms with Crippen LogP contribution >= 0.6 is 23.2 Å². The van der Waals surface area contributed by atoms with Crippen LogP contribution in [0.25, 0.3) is 22.3 Å². The number of anilines is 1. The Bertz CT molecular complexity index is 1260. The minimum Gasteiger partial charge on any atom is -0.352 e. The summed E-state index contributed by atoms with van der Waals surface area (Å²) in [6, 6.07) is 17.5. The van der Waals surface area contributed by atoms with Crippen molar-refractivity contribution in [3.8, 4) is 11.3 Å². The minimum atomic E-state index is 0.184. The molecule has 1 amide bonds. The summed E-state index contributed by atoms with van der Waals surface area (Å²) in [5, 5.41) is 2.39. The van der Waals surface area contributed by atoms with Gasteiger partial charge in [-0.3, -0.25) is 4.79 Å². The second kappa shape index (κ2) is 9.41. The summed E-state index contributed by atoms with van der Waals surface area (Å²) in [5.74, 6) is 1.08. The molecule has 0 spiro atoms. The van der Waals surface area contributed by atoms with E-state index in [9.17, 15) is 4.79 Å². The molecule has 2 aromatic heterocycles. The van der Waals surface area contributed by atoms with Gasteiger partial charge in [0.2, 0.25) is 5.91 Å². The predicted octanol–water partition coefficient (Wildman–Crippen LogP) is 5.21. The smallest absolute Gasteiger partial charge is 0.223 e. The molecule has 2 aromatic carbocycles. The number of hydrogen-bond donors (Lipinski definition) is 1. The highest BCUT2D eigenvalue weighted by Crippen LogP contribution is 2.30. The third-order valence-electron chi connectivity index (χ3n) is 6.03. The van der Waals surface area contributed by atoms with E-state index in [-0.39, 0.29) is 5.91 Å². The van der Waals surface area contributed by atoms with E-state index in [0.29, 0.717) is 29.6 Å². The largest absolute Gasteiger partial charge is 0.352 e. The van der Waals surface area contributed by atoms with Gasteiger partial charge in [-0.25, -0.2) is 9.97 Å². The first-order valence-corrected chi connectivity index (χ1v) is 11.7. The molecule has 1 N–H and O–H groups in total. The molecule has 1 aliphatic heterocycles. The molecular weight excluding hydrogens is 457 g/mol. The molecule has 1 aliphatic rings. The lowest BCUT2D eigenvalue weighted by Crippen LogP contribution is -2.49. The van der Waals surface area contributed by atoms with Crippen LogP contribution in [0, 0.1) is 0 Å². The molecule has 0 unspecified atom stereocenters. The third-order valence-corrected chi connectivity index (χ3v) is 6.54. The van der Waals surface area contributed by atoms with Gasteiger partial charge in [-0.15, -0.1) is 0 Å². The zero-order valence-electron chi connectivity index (χ0n) is 18.0. The first-order valence-electron chi connectivity index (χ1n) is 10.9. The molecule has 8 heteroatoms. The van der Waals surface area contributed by atoms with Crippen LogP contribution in [0.5, 0.6) is 0 Å². The van der Waals surface area contributed by atoms with E-state index in [1.54, 1.807) is 6.33 Å². The van der Waals surface area contributed by atoms with E-state index in [0.717, 1.165) is 53.2 Å². The van der Waals surface area contributed by atoms with Crippen molar-refractivity contribution < 1.29 is 4.79 Å². The Kier molecular flexibility index (Phi) is 6.20. The average Bonchev–Trinajstić information content (AvgIpc) is 3.28. The van der Waals surface area contributed by atoms with E-state index < -0.39 is 0 Å². The van der Waals surface area contributed by atoms with Gasteiger partial charge in [0.05, 0.1) is 5.39 Å². The van der Waals surface area contributed by atoms with E-state index in [1.807, 2.05) is 53.4 Å². The lowest BCUT2D eigenvalue weighted by molar-refractivity contribution is -0.131. The molecule has 6 nitrogen and oxygen atoms in total. The van der Waals surface area contributed by atoms with Crippen LogP contribution in [0.2, 0.25) is 10.0 Å². The van der Waals surface area contributed by atoms with Gasteiger partial charge in [0.1, 0.15) is 17.8 Å². The van der Waals surface area contributed by atoms with Crippen molar-refractivity contribution >= 4 is 46.0 Å². The maximum absolute atomic E-state index is 12.7. The number of aryl methyl sites for hydroxylation is 1. The molecule has 0 bridgehead atoms. The number of halogens is 2. The fourth-order valence-corrected chi connectivity index (χ4v) is 4.44. The maximum Gasteiger partial charge on any atom is 0.223 e. The average molecular weight is 480 g/mol. The van der Waals surface area contributed by atoms with Crippen molar-refractivity contribution in [3.63, 3.8) is 0 Å². The van der Waals surface area contributed by atoms with Crippen LogP contribution < -0.4 is 4.90 Å². The molecular formula is C25H23Cl2N5O. The van der Waals surface area contributed by atoms with Gasteiger partial charge in [-0.2, -0.15) is 0 Å². The summed E-state index contributed by atoms with van der Waals surface area (Å²) in [4.78, 5) is 29.2. The number of aromatic amines is 1. The highest BCUT2D eigenvalue weighted by atomic mass is 35.5. The number of nitrogens with zero attached hydrogens (tertiary/aromatic N) is 4. The first kappa shape index (κ1) is 21.7. The second-order valence-electron chi connectivity index (χ2n) is 8.14. The number of nitrogens with one attached hydrogen (secondary N) is 1. The fraction of sp³-hybridized carbons (Fsp3) is 0.240. The highest BCUT2D eigenvalue weighted by molar-refractivity contribution is 6.30. The van der Waals surface area contributed by atoms with Crippen molar-refractivity contribution in [2.75, 3.05) is 31.1 Å². The van der Waals surface area contributed by atoms with Crippen LogP contribution in [0.3, 0.4) is 0 Å². The van der Waals surface area contributed by atoms with Gasteiger partial charge in [-0.1, -0.05) is 47.5 Å². The first-order chi connectivity index (χ1) is 16.1. The van der Waals surface area contributed by atoms with Gasteiger partial charge >= 0.3 is 0 Å². The maximum atomic E-state index is 12.7. The van der Waals surface area contributed by atoms with Crippen molar-refractivity contribution in [1.29, 1.82) is 0 Å². The van der Waals surface area contributed by atoms with Crippen LogP contribution in [0.4, 0.5) is 5.82 Å². The normalized spacial score (nSPS) is 14.1. The predicted molar refractivity (Wildman–Crippen MR) is 133 cm³/mol. The summed E-state index contributed by atoms with van der Waals surface area (Å²) in [7, 11) is 0. The number of piperazine rings is 1. The summed E-state index contributed by atoms with van der Waals surface area (Å²) in [6.45, 7) is 2.83. The number of carbonyl (C=O) groups is 1. The van der Waals surface area contributed by atoms with Gasteiger partial charge in [0.15, 0.2) is 0 Å².